The third-order valence-electron chi connectivity index (χ3n) is 5.93. The Hall–Kier alpha value is -4.45. The summed E-state index contributed by atoms with van der Waals surface area (Å²) >= 11 is 0. The van der Waals surface area contributed by atoms with E-state index in [0.29, 0.717) is 6.54 Å². The Morgan fingerprint density at radius 1 is 0.917 bits per heavy atom. The number of hydrogen-bond acceptors (Lipinski definition) is 3. The van der Waals surface area contributed by atoms with E-state index in [1.807, 2.05) is 91.5 Å². The molecule has 0 aliphatic rings. The number of para-hydroxylation sites is 1. The van der Waals surface area contributed by atoms with E-state index >= 15 is 0 Å². The van der Waals surface area contributed by atoms with E-state index in [1.54, 1.807) is 13.1 Å². The van der Waals surface area contributed by atoms with Crippen molar-refractivity contribution < 1.29 is 9.59 Å². The summed E-state index contributed by atoms with van der Waals surface area (Å²) in [7, 11) is 1.62. The molecule has 0 saturated heterocycles. The van der Waals surface area contributed by atoms with Gasteiger partial charge >= 0.3 is 0 Å². The lowest BCUT2D eigenvalue weighted by Crippen LogP contribution is -2.34. The predicted octanol–water partition coefficient (Wildman–Crippen LogP) is 5.33. The van der Waals surface area contributed by atoms with Gasteiger partial charge in [-0.2, -0.15) is 5.10 Å². The van der Waals surface area contributed by atoms with Gasteiger partial charge in [-0.05, 0) is 36.6 Å². The van der Waals surface area contributed by atoms with Crippen molar-refractivity contribution >= 4 is 23.6 Å². The zero-order valence-electron chi connectivity index (χ0n) is 20.8. The van der Waals surface area contributed by atoms with Crippen LogP contribution < -0.4 is 5.32 Å². The predicted molar refractivity (Wildman–Crippen MR) is 144 cm³/mol. The van der Waals surface area contributed by atoms with Crippen molar-refractivity contribution in [3.05, 3.63) is 113 Å². The van der Waals surface area contributed by atoms with Crippen molar-refractivity contribution in [2.75, 3.05) is 18.9 Å². The fourth-order valence-corrected chi connectivity index (χ4v) is 4.00. The Morgan fingerprint density at radius 2 is 1.56 bits per heavy atom. The van der Waals surface area contributed by atoms with E-state index in [4.69, 9.17) is 5.10 Å². The van der Waals surface area contributed by atoms with Crippen molar-refractivity contribution in [2.45, 2.75) is 20.4 Å². The molecule has 4 rings (SSSR count). The second-order valence-electron chi connectivity index (χ2n) is 8.82. The number of amides is 2. The summed E-state index contributed by atoms with van der Waals surface area (Å²) in [5.41, 5.74) is 6.50. The standard InChI is InChI=1S/C30H30N4O2/c1-22-11-10-12-23(2)29(22)31-27(35)21-33(3)28(36)18-17-26-20-34(19-24-13-6-4-7-14-24)32-30(26)25-15-8-5-9-16-25/h4-18,20H,19,21H2,1-3H3,(H,31,35)/b18-17+. The first-order chi connectivity index (χ1) is 17.4. The van der Waals surface area contributed by atoms with Gasteiger partial charge in [0, 0.05) is 36.1 Å². The van der Waals surface area contributed by atoms with E-state index < -0.39 is 0 Å². The van der Waals surface area contributed by atoms with Crippen molar-refractivity contribution in [1.82, 2.24) is 14.7 Å². The van der Waals surface area contributed by atoms with Gasteiger partial charge in [-0.15, -0.1) is 0 Å². The van der Waals surface area contributed by atoms with Crippen LogP contribution in [0.3, 0.4) is 0 Å². The number of nitrogens with one attached hydrogen (secondary N) is 1. The van der Waals surface area contributed by atoms with Crippen LogP contribution in [0.5, 0.6) is 0 Å². The summed E-state index contributed by atoms with van der Waals surface area (Å²) in [4.78, 5) is 26.8. The molecule has 1 N–H and O–H groups in total. The third-order valence-corrected chi connectivity index (χ3v) is 5.93. The highest BCUT2D eigenvalue weighted by atomic mass is 16.2. The Labute approximate surface area is 211 Å². The topological polar surface area (TPSA) is 67.2 Å². The highest BCUT2D eigenvalue weighted by Gasteiger charge is 2.14. The number of anilines is 1. The zero-order valence-corrected chi connectivity index (χ0v) is 20.8. The number of hydrogen-bond donors (Lipinski definition) is 1. The van der Waals surface area contributed by atoms with Gasteiger partial charge in [0.1, 0.15) is 0 Å². The molecule has 36 heavy (non-hydrogen) atoms. The summed E-state index contributed by atoms with van der Waals surface area (Å²) in [6.07, 6.45) is 5.19. The second kappa shape index (κ2) is 11.3. The van der Waals surface area contributed by atoms with E-state index in [-0.39, 0.29) is 18.4 Å². The number of benzene rings is 3. The van der Waals surface area contributed by atoms with Crippen molar-refractivity contribution in [3.63, 3.8) is 0 Å². The maximum atomic E-state index is 12.8. The Morgan fingerprint density at radius 3 is 2.22 bits per heavy atom. The number of likely N-dealkylation sites (N-methyl/N-ethyl adjacent to an activating group) is 1. The number of rotatable bonds is 8. The molecule has 182 valence electrons. The molecule has 0 radical (unpaired) electrons. The van der Waals surface area contributed by atoms with Crippen LogP contribution in [-0.4, -0.2) is 40.1 Å². The SMILES string of the molecule is Cc1cccc(C)c1NC(=O)CN(C)C(=O)/C=C/c1cn(Cc2ccccc2)nc1-c1ccccc1. The fourth-order valence-electron chi connectivity index (χ4n) is 4.00. The summed E-state index contributed by atoms with van der Waals surface area (Å²) in [5, 5.41) is 7.71. The van der Waals surface area contributed by atoms with E-state index in [9.17, 15) is 9.59 Å². The van der Waals surface area contributed by atoms with Crippen LogP contribution in [-0.2, 0) is 16.1 Å². The highest BCUT2D eigenvalue weighted by Crippen LogP contribution is 2.24. The molecule has 6 nitrogen and oxygen atoms in total. The van der Waals surface area contributed by atoms with Gasteiger partial charge < -0.3 is 10.2 Å². The summed E-state index contributed by atoms with van der Waals surface area (Å²) in [5.74, 6) is -0.501. The number of nitrogens with zero attached hydrogens (tertiary/aromatic N) is 3. The number of carbonyl (C=O) groups is 2. The molecular formula is C30H30N4O2. The lowest BCUT2D eigenvalue weighted by molar-refractivity contribution is -0.129. The van der Waals surface area contributed by atoms with Crippen LogP contribution in [0.1, 0.15) is 22.3 Å². The lowest BCUT2D eigenvalue weighted by atomic mass is 10.1. The van der Waals surface area contributed by atoms with Gasteiger partial charge in [-0.25, -0.2) is 0 Å². The van der Waals surface area contributed by atoms with Gasteiger partial charge in [0.25, 0.3) is 0 Å². The quantitative estimate of drug-likeness (QED) is 0.348. The van der Waals surface area contributed by atoms with E-state index in [1.165, 1.54) is 11.0 Å². The average molecular weight is 479 g/mol. The molecule has 0 bridgehead atoms. The maximum Gasteiger partial charge on any atom is 0.246 e. The van der Waals surface area contributed by atoms with Gasteiger partial charge in [-0.1, -0.05) is 78.9 Å². The number of aryl methyl sites for hydroxylation is 2. The molecule has 6 heteroatoms. The minimum Gasteiger partial charge on any atom is -0.333 e. The van der Waals surface area contributed by atoms with Crippen LogP contribution in [0, 0.1) is 13.8 Å². The van der Waals surface area contributed by atoms with Crippen LogP contribution in [0.2, 0.25) is 0 Å². The monoisotopic (exact) mass is 478 g/mol. The normalized spacial score (nSPS) is 11.0. The maximum absolute atomic E-state index is 12.8. The van der Waals surface area contributed by atoms with Crippen LogP contribution in [0.4, 0.5) is 5.69 Å². The van der Waals surface area contributed by atoms with Gasteiger partial charge in [0.2, 0.25) is 11.8 Å². The number of carbonyl (C=O) groups excluding carboxylic acids is 2. The molecule has 3 aromatic carbocycles. The molecule has 0 aliphatic carbocycles. The average Bonchev–Trinajstić information content (AvgIpc) is 3.28. The zero-order chi connectivity index (χ0) is 25.5. The largest absolute Gasteiger partial charge is 0.333 e. The van der Waals surface area contributed by atoms with Crippen molar-refractivity contribution in [3.8, 4) is 11.3 Å². The van der Waals surface area contributed by atoms with Crippen LogP contribution in [0.15, 0.2) is 91.1 Å². The molecule has 0 unspecified atom stereocenters. The summed E-state index contributed by atoms with van der Waals surface area (Å²) < 4.78 is 1.88. The molecule has 0 saturated carbocycles. The van der Waals surface area contributed by atoms with Crippen molar-refractivity contribution in [2.24, 2.45) is 0 Å². The minimum absolute atomic E-state index is 0.0459. The molecule has 4 aromatic rings. The van der Waals surface area contributed by atoms with E-state index in [2.05, 4.69) is 17.4 Å². The van der Waals surface area contributed by atoms with E-state index in [0.717, 1.165) is 39.2 Å². The lowest BCUT2D eigenvalue weighted by Gasteiger charge is -2.16. The van der Waals surface area contributed by atoms with Crippen LogP contribution in [0.25, 0.3) is 17.3 Å². The minimum atomic E-state index is -0.263. The van der Waals surface area contributed by atoms with Crippen LogP contribution >= 0.6 is 0 Å². The highest BCUT2D eigenvalue weighted by molar-refractivity contribution is 5.98. The fraction of sp³-hybridized carbons (Fsp3) is 0.167. The smallest absolute Gasteiger partial charge is 0.246 e. The molecular weight excluding hydrogens is 448 g/mol. The second-order valence-corrected chi connectivity index (χ2v) is 8.82. The molecule has 0 aliphatic heterocycles. The Bertz CT molecular complexity index is 1350. The first kappa shape index (κ1) is 24.7. The summed E-state index contributed by atoms with van der Waals surface area (Å²) in [6, 6.07) is 25.8. The van der Waals surface area contributed by atoms with Crippen molar-refractivity contribution in [1.29, 1.82) is 0 Å². The van der Waals surface area contributed by atoms with Gasteiger partial charge in [-0.3, -0.25) is 14.3 Å². The first-order valence-corrected chi connectivity index (χ1v) is 11.9. The molecule has 0 atom stereocenters. The molecule has 0 spiro atoms. The summed E-state index contributed by atoms with van der Waals surface area (Å²) in [6.45, 7) is 4.47. The Balaban J connectivity index is 1.48. The Kier molecular flexibility index (Phi) is 7.75. The first-order valence-electron chi connectivity index (χ1n) is 11.9. The number of aromatic nitrogens is 2. The molecule has 1 aromatic heterocycles. The molecule has 2 amide bonds. The molecule has 1 heterocycles. The molecule has 0 fully saturated rings. The van der Waals surface area contributed by atoms with Gasteiger partial charge in [0.05, 0.1) is 18.8 Å². The van der Waals surface area contributed by atoms with Gasteiger partial charge in [0.15, 0.2) is 0 Å². The third kappa shape index (κ3) is 6.16.